The van der Waals surface area contributed by atoms with Gasteiger partial charge in [-0.2, -0.15) is 0 Å². The van der Waals surface area contributed by atoms with E-state index in [0.717, 1.165) is 12.8 Å². The van der Waals surface area contributed by atoms with Gasteiger partial charge in [-0.25, -0.2) is 0 Å². The SMILES string of the molecule is CNCC(=O)N(C)C1CCCc2ccccc21. The number of carbonyl (C=O) groups excluding carboxylic acids is 1. The summed E-state index contributed by atoms with van der Waals surface area (Å²) in [7, 11) is 3.72. The molecular weight excluding hydrogens is 212 g/mol. The number of nitrogens with one attached hydrogen (secondary N) is 1. The minimum absolute atomic E-state index is 0.161. The molecule has 1 aromatic rings. The van der Waals surface area contributed by atoms with E-state index < -0.39 is 0 Å². The Balaban J connectivity index is 2.20. The lowest BCUT2D eigenvalue weighted by molar-refractivity contribution is -0.131. The average Bonchev–Trinajstić information content (AvgIpc) is 2.37. The summed E-state index contributed by atoms with van der Waals surface area (Å²) < 4.78 is 0. The highest BCUT2D eigenvalue weighted by atomic mass is 16.2. The zero-order chi connectivity index (χ0) is 12.3. The van der Waals surface area contributed by atoms with Crippen LogP contribution in [-0.2, 0) is 11.2 Å². The van der Waals surface area contributed by atoms with Crippen LogP contribution in [0, 0.1) is 0 Å². The van der Waals surface area contributed by atoms with E-state index in [9.17, 15) is 4.79 Å². The second kappa shape index (κ2) is 5.32. The Bertz CT molecular complexity index is 403. The van der Waals surface area contributed by atoms with Gasteiger partial charge in [0.15, 0.2) is 0 Å². The van der Waals surface area contributed by atoms with Gasteiger partial charge in [0, 0.05) is 7.05 Å². The minimum atomic E-state index is 0.161. The highest BCUT2D eigenvalue weighted by Crippen LogP contribution is 2.33. The maximum Gasteiger partial charge on any atom is 0.236 e. The molecule has 3 heteroatoms. The number of carbonyl (C=O) groups is 1. The van der Waals surface area contributed by atoms with Gasteiger partial charge in [-0.1, -0.05) is 24.3 Å². The first-order valence-corrected chi connectivity index (χ1v) is 6.22. The van der Waals surface area contributed by atoms with Gasteiger partial charge in [0.05, 0.1) is 12.6 Å². The van der Waals surface area contributed by atoms with Crippen LogP contribution in [0.4, 0.5) is 0 Å². The molecule has 3 nitrogen and oxygen atoms in total. The summed E-state index contributed by atoms with van der Waals surface area (Å²) in [6, 6.07) is 8.73. The van der Waals surface area contributed by atoms with E-state index in [1.54, 1.807) is 7.05 Å². The van der Waals surface area contributed by atoms with E-state index in [1.165, 1.54) is 17.5 Å². The number of benzene rings is 1. The van der Waals surface area contributed by atoms with Crippen molar-refractivity contribution in [1.29, 1.82) is 0 Å². The summed E-state index contributed by atoms with van der Waals surface area (Å²) in [5.41, 5.74) is 2.72. The van der Waals surface area contributed by atoms with E-state index in [4.69, 9.17) is 0 Å². The van der Waals surface area contributed by atoms with Crippen molar-refractivity contribution in [3.8, 4) is 0 Å². The lowest BCUT2D eigenvalue weighted by Crippen LogP contribution is -2.38. The smallest absolute Gasteiger partial charge is 0.236 e. The van der Waals surface area contributed by atoms with Crippen LogP contribution in [0.25, 0.3) is 0 Å². The molecule has 0 heterocycles. The highest BCUT2D eigenvalue weighted by Gasteiger charge is 2.25. The van der Waals surface area contributed by atoms with Crippen molar-refractivity contribution in [3.63, 3.8) is 0 Å². The van der Waals surface area contributed by atoms with Crippen LogP contribution in [0.3, 0.4) is 0 Å². The average molecular weight is 232 g/mol. The first-order valence-electron chi connectivity index (χ1n) is 6.22. The summed E-state index contributed by atoms with van der Waals surface area (Å²) in [5.74, 6) is 0.161. The normalized spacial score (nSPS) is 18.6. The van der Waals surface area contributed by atoms with Gasteiger partial charge in [-0.15, -0.1) is 0 Å². The van der Waals surface area contributed by atoms with Gasteiger partial charge in [0.25, 0.3) is 0 Å². The fourth-order valence-electron chi connectivity index (χ4n) is 2.58. The predicted octanol–water partition coefficient (Wildman–Crippen LogP) is 1.74. The van der Waals surface area contributed by atoms with Gasteiger partial charge in [0.2, 0.25) is 5.91 Å². The molecule has 92 valence electrons. The third kappa shape index (κ3) is 2.50. The monoisotopic (exact) mass is 232 g/mol. The zero-order valence-electron chi connectivity index (χ0n) is 10.6. The second-order valence-electron chi connectivity index (χ2n) is 4.64. The fourth-order valence-corrected chi connectivity index (χ4v) is 2.58. The summed E-state index contributed by atoms with van der Waals surface area (Å²) in [6.45, 7) is 0.412. The van der Waals surface area contributed by atoms with Crippen LogP contribution in [-0.4, -0.2) is 31.4 Å². The molecule has 0 aliphatic heterocycles. The Morgan fingerprint density at radius 1 is 1.47 bits per heavy atom. The third-order valence-electron chi connectivity index (χ3n) is 3.53. The number of fused-ring (bicyclic) bond motifs is 1. The van der Waals surface area contributed by atoms with Crippen molar-refractivity contribution in [3.05, 3.63) is 35.4 Å². The summed E-state index contributed by atoms with van der Waals surface area (Å²) in [6.07, 6.45) is 3.38. The number of amides is 1. The van der Waals surface area contributed by atoms with Crippen molar-refractivity contribution in [1.82, 2.24) is 10.2 Å². The molecule has 0 bridgehead atoms. The van der Waals surface area contributed by atoms with Crippen molar-refractivity contribution in [2.24, 2.45) is 0 Å². The lowest BCUT2D eigenvalue weighted by atomic mass is 9.87. The number of aryl methyl sites for hydroxylation is 1. The molecule has 1 aromatic carbocycles. The summed E-state index contributed by atoms with van der Waals surface area (Å²) >= 11 is 0. The van der Waals surface area contributed by atoms with Crippen LogP contribution < -0.4 is 5.32 Å². The molecule has 1 N–H and O–H groups in total. The van der Waals surface area contributed by atoms with E-state index in [-0.39, 0.29) is 11.9 Å². The Kier molecular flexibility index (Phi) is 3.79. The lowest BCUT2D eigenvalue weighted by Gasteiger charge is -2.33. The zero-order valence-corrected chi connectivity index (χ0v) is 10.6. The maximum atomic E-state index is 11.9. The standard InChI is InChI=1S/C14H20N2O/c1-15-10-14(17)16(2)13-9-5-7-11-6-3-4-8-12(11)13/h3-4,6,8,13,15H,5,7,9-10H2,1-2H3. The van der Waals surface area contributed by atoms with Gasteiger partial charge in [0.1, 0.15) is 0 Å². The van der Waals surface area contributed by atoms with Gasteiger partial charge in [-0.05, 0) is 37.4 Å². The van der Waals surface area contributed by atoms with Crippen LogP contribution in [0.5, 0.6) is 0 Å². The minimum Gasteiger partial charge on any atom is -0.338 e. The molecule has 0 saturated heterocycles. The van der Waals surface area contributed by atoms with Crippen molar-refractivity contribution < 1.29 is 4.79 Å². The molecule has 0 radical (unpaired) electrons. The van der Waals surface area contributed by atoms with Crippen molar-refractivity contribution in [2.75, 3.05) is 20.6 Å². The van der Waals surface area contributed by atoms with Crippen molar-refractivity contribution >= 4 is 5.91 Å². The van der Waals surface area contributed by atoms with Gasteiger partial charge >= 0.3 is 0 Å². The van der Waals surface area contributed by atoms with E-state index >= 15 is 0 Å². The molecule has 1 amide bonds. The first-order chi connectivity index (χ1) is 8.24. The molecule has 1 aliphatic carbocycles. The number of hydrogen-bond acceptors (Lipinski definition) is 2. The molecular formula is C14H20N2O. The largest absolute Gasteiger partial charge is 0.338 e. The molecule has 1 aliphatic rings. The molecule has 1 atom stereocenters. The Morgan fingerprint density at radius 3 is 3.00 bits per heavy atom. The van der Waals surface area contributed by atoms with E-state index in [2.05, 4.69) is 29.6 Å². The number of hydrogen-bond donors (Lipinski definition) is 1. The van der Waals surface area contributed by atoms with E-state index in [1.807, 2.05) is 11.9 Å². The Labute approximate surface area is 103 Å². The number of rotatable bonds is 3. The van der Waals surface area contributed by atoms with Crippen LogP contribution in [0.15, 0.2) is 24.3 Å². The summed E-state index contributed by atoms with van der Waals surface area (Å²) in [5, 5.41) is 2.92. The van der Waals surface area contributed by atoms with Crippen LogP contribution in [0.2, 0.25) is 0 Å². The molecule has 2 rings (SSSR count). The van der Waals surface area contributed by atoms with Gasteiger partial charge < -0.3 is 10.2 Å². The topological polar surface area (TPSA) is 32.3 Å². The molecule has 17 heavy (non-hydrogen) atoms. The molecule has 0 spiro atoms. The van der Waals surface area contributed by atoms with Gasteiger partial charge in [-0.3, -0.25) is 4.79 Å². The first kappa shape index (κ1) is 12.1. The van der Waals surface area contributed by atoms with Crippen molar-refractivity contribution in [2.45, 2.75) is 25.3 Å². The number of likely N-dealkylation sites (N-methyl/N-ethyl adjacent to an activating group) is 2. The molecule has 0 saturated carbocycles. The predicted molar refractivity (Wildman–Crippen MR) is 68.8 cm³/mol. The molecule has 0 aromatic heterocycles. The fraction of sp³-hybridized carbons (Fsp3) is 0.500. The Hall–Kier alpha value is -1.35. The van der Waals surface area contributed by atoms with Crippen LogP contribution in [0.1, 0.15) is 30.0 Å². The quantitative estimate of drug-likeness (QED) is 0.861. The van der Waals surface area contributed by atoms with E-state index in [0.29, 0.717) is 6.54 Å². The Morgan fingerprint density at radius 2 is 2.24 bits per heavy atom. The van der Waals surface area contributed by atoms with Crippen LogP contribution >= 0.6 is 0 Å². The summed E-state index contributed by atoms with van der Waals surface area (Å²) in [4.78, 5) is 13.8. The highest BCUT2D eigenvalue weighted by molar-refractivity contribution is 5.78. The molecule has 1 unspecified atom stereocenters. The third-order valence-corrected chi connectivity index (χ3v) is 3.53. The number of nitrogens with zero attached hydrogens (tertiary/aromatic N) is 1. The molecule has 0 fully saturated rings. The second-order valence-corrected chi connectivity index (χ2v) is 4.64. The maximum absolute atomic E-state index is 11.9.